The Balaban J connectivity index is 1.67. The van der Waals surface area contributed by atoms with Crippen molar-refractivity contribution in [1.82, 2.24) is 5.32 Å². The number of fused-ring (bicyclic) bond motifs is 1. The number of hydrogen-bond acceptors (Lipinski definition) is 3. The monoisotopic (exact) mass is 399 g/mol. The zero-order valence-electron chi connectivity index (χ0n) is 14.5. The van der Waals surface area contributed by atoms with Crippen molar-refractivity contribution in [3.8, 4) is 11.5 Å². The van der Waals surface area contributed by atoms with Gasteiger partial charge in [0.1, 0.15) is 11.5 Å². The molecule has 0 heterocycles. The predicted octanol–water partition coefficient (Wildman–Crippen LogP) is 4.95. The lowest BCUT2D eigenvalue weighted by molar-refractivity contribution is 0.384. The van der Waals surface area contributed by atoms with E-state index in [9.17, 15) is 0 Å². The third-order valence-corrected chi connectivity index (χ3v) is 4.78. The molecule has 4 heteroatoms. The average Bonchev–Trinajstić information content (AvgIpc) is 2.65. The highest BCUT2D eigenvalue weighted by molar-refractivity contribution is 9.10. The van der Waals surface area contributed by atoms with Crippen molar-refractivity contribution >= 4 is 26.7 Å². The van der Waals surface area contributed by atoms with Crippen LogP contribution in [-0.4, -0.2) is 20.8 Å². The molecule has 0 bridgehead atoms. The average molecular weight is 400 g/mol. The smallest absolute Gasteiger partial charge is 0.126 e. The fourth-order valence-electron chi connectivity index (χ4n) is 3.08. The van der Waals surface area contributed by atoms with Crippen LogP contribution in [-0.2, 0) is 13.0 Å². The molecular formula is C21H22BrNO2. The summed E-state index contributed by atoms with van der Waals surface area (Å²) in [4.78, 5) is 0. The number of nitrogens with one attached hydrogen (secondary N) is 1. The van der Waals surface area contributed by atoms with Crippen molar-refractivity contribution in [3.63, 3.8) is 0 Å². The molecule has 0 unspecified atom stereocenters. The van der Waals surface area contributed by atoms with Gasteiger partial charge >= 0.3 is 0 Å². The van der Waals surface area contributed by atoms with E-state index in [1.165, 1.54) is 16.3 Å². The summed E-state index contributed by atoms with van der Waals surface area (Å²) in [7, 11) is 3.38. The zero-order valence-corrected chi connectivity index (χ0v) is 16.1. The van der Waals surface area contributed by atoms with Crippen LogP contribution in [0.1, 0.15) is 11.1 Å². The van der Waals surface area contributed by atoms with Gasteiger partial charge in [-0.15, -0.1) is 0 Å². The molecule has 0 radical (unpaired) electrons. The summed E-state index contributed by atoms with van der Waals surface area (Å²) in [6, 6.07) is 18.9. The summed E-state index contributed by atoms with van der Waals surface area (Å²) in [6.45, 7) is 1.68. The van der Waals surface area contributed by atoms with Gasteiger partial charge in [-0.2, -0.15) is 0 Å². The Morgan fingerprint density at radius 1 is 0.920 bits per heavy atom. The molecule has 3 rings (SSSR count). The van der Waals surface area contributed by atoms with E-state index in [0.29, 0.717) is 0 Å². The van der Waals surface area contributed by atoms with E-state index in [4.69, 9.17) is 9.47 Å². The Kier molecular flexibility index (Phi) is 5.95. The van der Waals surface area contributed by atoms with Crippen LogP contribution < -0.4 is 14.8 Å². The maximum Gasteiger partial charge on any atom is 0.126 e. The minimum atomic E-state index is 0.836. The van der Waals surface area contributed by atoms with E-state index < -0.39 is 0 Å². The number of rotatable bonds is 7. The fourth-order valence-corrected chi connectivity index (χ4v) is 3.50. The first kappa shape index (κ1) is 17.8. The molecule has 130 valence electrons. The van der Waals surface area contributed by atoms with Crippen molar-refractivity contribution in [2.75, 3.05) is 20.8 Å². The molecule has 0 fully saturated rings. The number of hydrogen-bond donors (Lipinski definition) is 1. The second-order valence-electron chi connectivity index (χ2n) is 5.85. The van der Waals surface area contributed by atoms with Crippen molar-refractivity contribution in [2.24, 2.45) is 0 Å². The van der Waals surface area contributed by atoms with Gasteiger partial charge in [0.25, 0.3) is 0 Å². The van der Waals surface area contributed by atoms with Crippen LogP contribution in [0.2, 0.25) is 0 Å². The molecular weight excluding hydrogens is 378 g/mol. The minimum absolute atomic E-state index is 0.836. The van der Waals surface area contributed by atoms with Gasteiger partial charge < -0.3 is 14.8 Å². The van der Waals surface area contributed by atoms with Crippen molar-refractivity contribution in [2.45, 2.75) is 13.0 Å². The summed E-state index contributed by atoms with van der Waals surface area (Å²) in [5.74, 6) is 1.69. The standard InChI is InChI=1S/C21H22BrNO2/c1-24-20-12-17(22)13-21(25-2)19(20)10-11-23-14-16-8-5-7-15-6-3-4-9-18(15)16/h3-9,12-13,23H,10-11,14H2,1-2H3. The molecule has 1 N–H and O–H groups in total. The number of ether oxygens (including phenoxy) is 2. The molecule has 0 aromatic heterocycles. The van der Waals surface area contributed by atoms with E-state index in [1.807, 2.05) is 12.1 Å². The molecule has 25 heavy (non-hydrogen) atoms. The van der Waals surface area contributed by atoms with Crippen LogP contribution in [0, 0.1) is 0 Å². The van der Waals surface area contributed by atoms with E-state index in [0.717, 1.165) is 41.0 Å². The first-order valence-electron chi connectivity index (χ1n) is 8.30. The van der Waals surface area contributed by atoms with Gasteiger partial charge in [0.15, 0.2) is 0 Å². The minimum Gasteiger partial charge on any atom is -0.496 e. The number of benzene rings is 3. The summed E-state index contributed by atoms with van der Waals surface area (Å²) in [5.41, 5.74) is 2.39. The summed E-state index contributed by atoms with van der Waals surface area (Å²) in [6.07, 6.45) is 0.838. The lowest BCUT2D eigenvalue weighted by Crippen LogP contribution is -2.17. The van der Waals surface area contributed by atoms with Gasteiger partial charge in [0.2, 0.25) is 0 Å². The molecule has 0 aliphatic carbocycles. The summed E-state index contributed by atoms with van der Waals surface area (Å²) >= 11 is 3.49. The first-order valence-corrected chi connectivity index (χ1v) is 9.10. The second kappa shape index (κ2) is 8.37. The van der Waals surface area contributed by atoms with E-state index in [1.54, 1.807) is 14.2 Å². The predicted molar refractivity (Wildman–Crippen MR) is 107 cm³/mol. The van der Waals surface area contributed by atoms with Crippen molar-refractivity contribution in [1.29, 1.82) is 0 Å². The third-order valence-electron chi connectivity index (χ3n) is 4.32. The highest BCUT2D eigenvalue weighted by atomic mass is 79.9. The largest absolute Gasteiger partial charge is 0.496 e. The molecule has 0 saturated carbocycles. The van der Waals surface area contributed by atoms with Crippen molar-refractivity contribution < 1.29 is 9.47 Å². The fraction of sp³-hybridized carbons (Fsp3) is 0.238. The Bertz CT molecular complexity index is 833. The molecule has 3 aromatic carbocycles. The molecule has 3 nitrogen and oxygen atoms in total. The molecule has 0 atom stereocenters. The van der Waals surface area contributed by atoms with Gasteiger partial charge in [0.05, 0.1) is 14.2 Å². The van der Waals surface area contributed by atoms with Gasteiger partial charge in [0, 0.05) is 16.6 Å². The van der Waals surface area contributed by atoms with E-state index in [-0.39, 0.29) is 0 Å². The first-order chi connectivity index (χ1) is 12.2. The molecule has 0 aliphatic heterocycles. The lowest BCUT2D eigenvalue weighted by Gasteiger charge is -2.14. The van der Waals surface area contributed by atoms with Gasteiger partial charge in [-0.05, 0) is 41.4 Å². The Labute approximate surface area is 157 Å². The zero-order chi connectivity index (χ0) is 17.6. The lowest BCUT2D eigenvalue weighted by atomic mass is 10.0. The van der Waals surface area contributed by atoms with Crippen molar-refractivity contribution in [3.05, 3.63) is 70.2 Å². The molecule has 0 amide bonds. The third kappa shape index (κ3) is 4.14. The van der Waals surface area contributed by atoms with Crippen LogP contribution >= 0.6 is 15.9 Å². The second-order valence-corrected chi connectivity index (χ2v) is 6.77. The number of halogens is 1. The topological polar surface area (TPSA) is 30.5 Å². The van der Waals surface area contributed by atoms with Crippen LogP contribution in [0.3, 0.4) is 0 Å². The molecule has 0 saturated heterocycles. The van der Waals surface area contributed by atoms with Gasteiger partial charge in [-0.3, -0.25) is 0 Å². The van der Waals surface area contributed by atoms with Crippen LogP contribution in [0.5, 0.6) is 11.5 Å². The highest BCUT2D eigenvalue weighted by Gasteiger charge is 2.11. The quantitative estimate of drug-likeness (QED) is 0.570. The normalized spacial score (nSPS) is 10.8. The van der Waals surface area contributed by atoms with E-state index >= 15 is 0 Å². The van der Waals surface area contributed by atoms with Crippen LogP contribution in [0.15, 0.2) is 59.1 Å². The van der Waals surface area contributed by atoms with Gasteiger partial charge in [-0.1, -0.05) is 58.4 Å². The maximum atomic E-state index is 5.50. The molecule has 0 spiro atoms. The Morgan fingerprint density at radius 2 is 1.60 bits per heavy atom. The van der Waals surface area contributed by atoms with Crippen LogP contribution in [0.4, 0.5) is 0 Å². The number of methoxy groups -OCH3 is 2. The molecule has 3 aromatic rings. The van der Waals surface area contributed by atoms with E-state index in [2.05, 4.69) is 63.7 Å². The van der Waals surface area contributed by atoms with Gasteiger partial charge in [-0.25, -0.2) is 0 Å². The summed E-state index contributed by atoms with van der Waals surface area (Å²) in [5, 5.41) is 6.11. The highest BCUT2D eigenvalue weighted by Crippen LogP contribution is 2.33. The maximum absolute atomic E-state index is 5.50. The Hall–Kier alpha value is -2.04. The molecule has 0 aliphatic rings. The van der Waals surface area contributed by atoms with Crippen LogP contribution in [0.25, 0.3) is 10.8 Å². The summed E-state index contributed by atoms with van der Waals surface area (Å²) < 4.78 is 12.0. The SMILES string of the molecule is COc1cc(Br)cc(OC)c1CCNCc1cccc2ccccc12. The Morgan fingerprint density at radius 3 is 2.32 bits per heavy atom.